The van der Waals surface area contributed by atoms with E-state index in [0.717, 1.165) is 28.9 Å². The first-order chi connectivity index (χ1) is 8.69. The van der Waals surface area contributed by atoms with E-state index in [4.69, 9.17) is 16.3 Å². The van der Waals surface area contributed by atoms with Crippen LogP contribution < -0.4 is 10.1 Å². The fourth-order valence-electron chi connectivity index (χ4n) is 2.29. The van der Waals surface area contributed by atoms with Gasteiger partial charge in [0, 0.05) is 12.6 Å². The number of benzene rings is 1. The SMILES string of the molecule is COc1ccc(Cl)c(NCC2CCN(C)CC2)c1. The van der Waals surface area contributed by atoms with Crippen LogP contribution in [0.3, 0.4) is 0 Å². The Morgan fingerprint density at radius 1 is 1.39 bits per heavy atom. The van der Waals surface area contributed by atoms with E-state index in [1.807, 2.05) is 18.2 Å². The molecule has 18 heavy (non-hydrogen) atoms. The number of rotatable bonds is 4. The number of anilines is 1. The Balaban J connectivity index is 1.89. The maximum absolute atomic E-state index is 6.17. The van der Waals surface area contributed by atoms with Crippen LogP contribution in [0.5, 0.6) is 5.75 Å². The molecule has 4 heteroatoms. The smallest absolute Gasteiger partial charge is 0.121 e. The lowest BCUT2D eigenvalue weighted by atomic mass is 9.97. The lowest BCUT2D eigenvalue weighted by Crippen LogP contribution is -2.32. The number of hydrogen-bond acceptors (Lipinski definition) is 3. The number of halogens is 1. The lowest BCUT2D eigenvalue weighted by Gasteiger charge is -2.29. The first-order valence-electron chi connectivity index (χ1n) is 6.45. The Hall–Kier alpha value is -0.930. The van der Waals surface area contributed by atoms with E-state index >= 15 is 0 Å². The summed E-state index contributed by atoms with van der Waals surface area (Å²) >= 11 is 6.17. The van der Waals surface area contributed by atoms with E-state index in [9.17, 15) is 0 Å². The number of likely N-dealkylation sites (tertiary alicyclic amines) is 1. The van der Waals surface area contributed by atoms with Gasteiger partial charge in [-0.2, -0.15) is 0 Å². The first kappa shape index (κ1) is 13.5. The summed E-state index contributed by atoms with van der Waals surface area (Å²) < 4.78 is 5.21. The molecule has 1 N–H and O–H groups in total. The molecule has 1 aliphatic rings. The second-order valence-electron chi connectivity index (χ2n) is 4.97. The van der Waals surface area contributed by atoms with Crippen molar-refractivity contribution < 1.29 is 4.74 Å². The second-order valence-corrected chi connectivity index (χ2v) is 5.38. The minimum Gasteiger partial charge on any atom is -0.497 e. The third-order valence-corrected chi connectivity index (χ3v) is 3.92. The number of nitrogens with zero attached hydrogens (tertiary/aromatic N) is 1. The Kier molecular flexibility index (Phi) is 4.72. The Morgan fingerprint density at radius 3 is 2.78 bits per heavy atom. The summed E-state index contributed by atoms with van der Waals surface area (Å²) in [7, 11) is 3.85. The van der Waals surface area contributed by atoms with Crippen LogP contribution >= 0.6 is 11.6 Å². The summed E-state index contributed by atoms with van der Waals surface area (Å²) in [6.07, 6.45) is 2.51. The van der Waals surface area contributed by atoms with Crippen LogP contribution in [0.2, 0.25) is 5.02 Å². The zero-order valence-electron chi connectivity index (χ0n) is 11.1. The van der Waals surface area contributed by atoms with Crippen molar-refractivity contribution in [1.82, 2.24) is 4.90 Å². The standard InChI is InChI=1S/C14H21ClN2O/c1-17-7-5-11(6-8-17)10-16-14-9-12(18-2)3-4-13(14)15/h3-4,9,11,16H,5-8,10H2,1-2H3. The summed E-state index contributed by atoms with van der Waals surface area (Å²) in [6.45, 7) is 3.37. The summed E-state index contributed by atoms with van der Waals surface area (Å²) in [5.74, 6) is 1.58. The van der Waals surface area contributed by atoms with Crippen LogP contribution in [0.4, 0.5) is 5.69 Å². The summed E-state index contributed by atoms with van der Waals surface area (Å²) in [6, 6.07) is 5.71. The number of piperidine rings is 1. The van der Waals surface area contributed by atoms with Gasteiger partial charge in [0.15, 0.2) is 0 Å². The molecule has 1 fully saturated rings. The van der Waals surface area contributed by atoms with Crippen LogP contribution in [0.25, 0.3) is 0 Å². The van der Waals surface area contributed by atoms with E-state index in [1.54, 1.807) is 7.11 Å². The third kappa shape index (κ3) is 3.53. The molecule has 1 heterocycles. The Morgan fingerprint density at radius 2 is 2.11 bits per heavy atom. The first-order valence-corrected chi connectivity index (χ1v) is 6.83. The molecule has 1 aromatic rings. The topological polar surface area (TPSA) is 24.5 Å². The van der Waals surface area contributed by atoms with Gasteiger partial charge in [-0.15, -0.1) is 0 Å². The highest BCUT2D eigenvalue weighted by Crippen LogP contribution is 2.27. The zero-order valence-corrected chi connectivity index (χ0v) is 11.8. The molecule has 0 spiro atoms. The van der Waals surface area contributed by atoms with Crippen LogP contribution in [0.1, 0.15) is 12.8 Å². The summed E-state index contributed by atoms with van der Waals surface area (Å²) in [4.78, 5) is 2.38. The van der Waals surface area contributed by atoms with Crippen molar-refractivity contribution in [2.24, 2.45) is 5.92 Å². The van der Waals surface area contributed by atoms with Crippen LogP contribution in [0.15, 0.2) is 18.2 Å². The maximum atomic E-state index is 6.17. The van der Waals surface area contributed by atoms with E-state index in [-0.39, 0.29) is 0 Å². The van der Waals surface area contributed by atoms with Crippen LogP contribution in [-0.4, -0.2) is 38.7 Å². The van der Waals surface area contributed by atoms with E-state index in [1.165, 1.54) is 25.9 Å². The van der Waals surface area contributed by atoms with E-state index < -0.39 is 0 Å². The lowest BCUT2D eigenvalue weighted by molar-refractivity contribution is 0.226. The van der Waals surface area contributed by atoms with Crippen LogP contribution in [0, 0.1) is 5.92 Å². The third-order valence-electron chi connectivity index (χ3n) is 3.59. The largest absolute Gasteiger partial charge is 0.497 e. The fourth-order valence-corrected chi connectivity index (χ4v) is 2.47. The molecule has 0 atom stereocenters. The normalized spacial score (nSPS) is 17.7. The van der Waals surface area contributed by atoms with Gasteiger partial charge in [0.1, 0.15) is 5.75 Å². The van der Waals surface area contributed by atoms with Crippen molar-refractivity contribution in [1.29, 1.82) is 0 Å². The fraction of sp³-hybridized carbons (Fsp3) is 0.571. The zero-order chi connectivity index (χ0) is 13.0. The Bertz CT molecular complexity index is 389. The predicted octanol–water partition coefficient (Wildman–Crippen LogP) is 3.10. The highest BCUT2D eigenvalue weighted by atomic mass is 35.5. The monoisotopic (exact) mass is 268 g/mol. The molecule has 1 aliphatic heterocycles. The van der Waals surface area contributed by atoms with E-state index in [0.29, 0.717) is 0 Å². The molecule has 1 saturated heterocycles. The van der Waals surface area contributed by atoms with Crippen molar-refractivity contribution in [3.8, 4) is 5.75 Å². The predicted molar refractivity (Wildman–Crippen MR) is 76.7 cm³/mol. The molecular formula is C14H21ClN2O. The van der Waals surface area contributed by atoms with Gasteiger partial charge in [0.05, 0.1) is 17.8 Å². The van der Waals surface area contributed by atoms with Gasteiger partial charge >= 0.3 is 0 Å². The molecule has 0 amide bonds. The molecule has 0 radical (unpaired) electrons. The number of hydrogen-bond donors (Lipinski definition) is 1. The molecule has 0 unspecified atom stereocenters. The Labute approximate surface area is 114 Å². The molecule has 0 bridgehead atoms. The number of methoxy groups -OCH3 is 1. The second kappa shape index (κ2) is 6.30. The highest BCUT2D eigenvalue weighted by Gasteiger charge is 2.16. The van der Waals surface area contributed by atoms with E-state index in [2.05, 4.69) is 17.3 Å². The minimum absolute atomic E-state index is 0.739. The molecular weight excluding hydrogens is 248 g/mol. The maximum Gasteiger partial charge on any atom is 0.121 e. The van der Waals surface area contributed by atoms with Gasteiger partial charge in [0.25, 0.3) is 0 Å². The van der Waals surface area contributed by atoms with Crippen molar-refractivity contribution in [2.75, 3.05) is 39.1 Å². The van der Waals surface area contributed by atoms with Gasteiger partial charge < -0.3 is 15.0 Å². The number of nitrogens with one attached hydrogen (secondary N) is 1. The molecule has 3 nitrogen and oxygen atoms in total. The average molecular weight is 269 g/mol. The summed E-state index contributed by atoms with van der Waals surface area (Å²) in [5.41, 5.74) is 0.968. The molecule has 0 aliphatic carbocycles. The van der Waals surface area contributed by atoms with Gasteiger partial charge in [-0.3, -0.25) is 0 Å². The molecule has 0 aromatic heterocycles. The minimum atomic E-state index is 0.739. The van der Waals surface area contributed by atoms with Crippen molar-refractivity contribution in [3.63, 3.8) is 0 Å². The summed E-state index contributed by atoms with van der Waals surface area (Å²) in [5, 5.41) is 4.20. The van der Waals surface area contributed by atoms with Crippen molar-refractivity contribution in [3.05, 3.63) is 23.2 Å². The van der Waals surface area contributed by atoms with Crippen molar-refractivity contribution in [2.45, 2.75) is 12.8 Å². The van der Waals surface area contributed by atoms with Gasteiger partial charge in [-0.05, 0) is 51.0 Å². The van der Waals surface area contributed by atoms with Gasteiger partial charge in [-0.1, -0.05) is 11.6 Å². The molecule has 100 valence electrons. The van der Waals surface area contributed by atoms with Gasteiger partial charge in [-0.25, -0.2) is 0 Å². The quantitative estimate of drug-likeness (QED) is 0.908. The number of ether oxygens (including phenoxy) is 1. The average Bonchev–Trinajstić information content (AvgIpc) is 2.40. The van der Waals surface area contributed by atoms with Crippen LogP contribution in [-0.2, 0) is 0 Å². The van der Waals surface area contributed by atoms with Crippen molar-refractivity contribution >= 4 is 17.3 Å². The molecule has 2 rings (SSSR count). The van der Waals surface area contributed by atoms with Gasteiger partial charge in [0.2, 0.25) is 0 Å². The molecule has 1 aromatic carbocycles. The molecule has 0 saturated carbocycles. The highest BCUT2D eigenvalue weighted by molar-refractivity contribution is 6.33.